The van der Waals surface area contributed by atoms with E-state index in [1.54, 1.807) is 0 Å². The van der Waals surface area contributed by atoms with Crippen molar-refractivity contribution in [3.63, 3.8) is 0 Å². The molecule has 0 unspecified atom stereocenters. The lowest BCUT2D eigenvalue weighted by molar-refractivity contribution is -0.114. The van der Waals surface area contributed by atoms with Crippen molar-refractivity contribution in [2.45, 2.75) is 25.2 Å². The van der Waals surface area contributed by atoms with Crippen molar-refractivity contribution < 1.29 is 9.53 Å². The highest BCUT2D eigenvalue weighted by Crippen LogP contribution is 2.43. The van der Waals surface area contributed by atoms with E-state index in [9.17, 15) is 4.79 Å². The van der Waals surface area contributed by atoms with Crippen molar-refractivity contribution >= 4 is 11.6 Å². The van der Waals surface area contributed by atoms with Crippen LogP contribution in [0.2, 0.25) is 0 Å². The number of nitrogens with one attached hydrogen (secondary N) is 1. The van der Waals surface area contributed by atoms with E-state index in [0.717, 1.165) is 24.3 Å². The Bertz CT molecular complexity index is 1040. The van der Waals surface area contributed by atoms with Crippen LogP contribution in [-0.4, -0.2) is 12.5 Å². The molecule has 0 aliphatic heterocycles. The second-order valence-corrected chi connectivity index (χ2v) is 8.16. The molecule has 4 rings (SSSR count). The van der Waals surface area contributed by atoms with E-state index in [1.807, 2.05) is 24.3 Å². The Labute approximate surface area is 196 Å². The normalized spacial score (nSPS) is 11.1. The van der Waals surface area contributed by atoms with Crippen LogP contribution in [-0.2, 0) is 10.2 Å². The van der Waals surface area contributed by atoms with Gasteiger partial charge in [0.05, 0.1) is 6.61 Å². The molecule has 0 aliphatic carbocycles. The van der Waals surface area contributed by atoms with Gasteiger partial charge in [-0.25, -0.2) is 0 Å². The van der Waals surface area contributed by atoms with Gasteiger partial charge in [0.15, 0.2) is 0 Å². The average Bonchev–Trinajstić information content (AvgIpc) is 2.87. The second-order valence-electron chi connectivity index (χ2n) is 8.16. The second kappa shape index (κ2) is 10.6. The molecule has 0 saturated carbocycles. The molecule has 0 aliphatic rings. The molecule has 166 valence electrons. The van der Waals surface area contributed by atoms with Crippen LogP contribution in [0.15, 0.2) is 115 Å². The minimum atomic E-state index is -0.262. The van der Waals surface area contributed by atoms with Crippen LogP contribution >= 0.6 is 0 Å². The molecule has 33 heavy (non-hydrogen) atoms. The summed E-state index contributed by atoms with van der Waals surface area (Å²) in [5.74, 6) is 0.719. The van der Waals surface area contributed by atoms with Crippen LogP contribution in [0.5, 0.6) is 5.75 Å². The smallest absolute Gasteiger partial charge is 0.221 e. The van der Waals surface area contributed by atoms with E-state index in [1.165, 1.54) is 23.6 Å². The molecular weight excluding hydrogens is 406 g/mol. The molecule has 3 nitrogen and oxygen atoms in total. The highest BCUT2D eigenvalue weighted by Gasteiger charge is 2.35. The fourth-order valence-corrected chi connectivity index (χ4v) is 4.47. The summed E-state index contributed by atoms with van der Waals surface area (Å²) >= 11 is 0. The van der Waals surface area contributed by atoms with E-state index in [4.69, 9.17) is 4.74 Å². The van der Waals surface area contributed by atoms with Gasteiger partial charge in [-0.15, -0.1) is 0 Å². The van der Waals surface area contributed by atoms with E-state index in [0.29, 0.717) is 6.61 Å². The Balaban J connectivity index is 1.57. The first-order chi connectivity index (χ1) is 16.2. The third-order valence-corrected chi connectivity index (χ3v) is 5.94. The summed E-state index contributed by atoms with van der Waals surface area (Å²) in [5, 5.41) is 2.78. The number of carbonyl (C=O) groups is 1. The first-order valence-corrected chi connectivity index (χ1v) is 11.4. The number of rotatable bonds is 9. The molecule has 0 atom stereocenters. The van der Waals surface area contributed by atoms with Gasteiger partial charge in [-0.1, -0.05) is 91.0 Å². The number of benzene rings is 4. The zero-order valence-electron chi connectivity index (χ0n) is 18.9. The molecule has 1 amide bonds. The summed E-state index contributed by atoms with van der Waals surface area (Å²) in [6.45, 7) is 2.11. The molecule has 0 bridgehead atoms. The van der Waals surface area contributed by atoms with E-state index < -0.39 is 0 Å². The molecule has 0 spiro atoms. The minimum Gasteiger partial charge on any atom is -0.494 e. The summed E-state index contributed by atoms with van der Waals surface area (Å²) in [6.07, 6.45) is 1.79. The number of amides is 1. The van der Waals surface area contributed by atoms with Crippen molar-refractivity contribution in [3.8, 4) is 5.75 Å². The summed E-state index contributed by atoms with van der Waals surface area (Å²) in [6, 6.07) is 39.7. The highest BCUT2D eigenvalue weighted by atomic mass is 16.5. The molecule has 4 aromatic carbocycles. The standard InChI is InChI=1S/C30H29NO2/c1-24(32)31-28-18-20-29(21-19-28)33-23-11-22-30(25-12-5-2-6-13-25,26-14-7-3-8-15-26)27-16-9-4-10-17-27/h2-10,12-21H,11,22-23H2,1H3,(H,31,32). The number of carbonyl (C=O) groups excluding carboxylic acids is 1. The van der Waals surface area contributed by atoms with Gasteiger partial charge in [-0.05, 0) is 53.8 Å². The molecule has 0 aromatic heterocycles. The molecule has 0 fully saturated rings. The molecule has 0 heterocycles. The maximum atomic E-state index is 11.2. The quantitative estimate of drug-likeness (QED) is 0.231. The van der Waals surface area contributed by atoms with E-state index in [-0.39, 0.29) is 11.3 Å². The molecule has 1 N–H and O–H groups in total. The van der Waals surface area contributed by atoms with Gasteiger partial charge >= 0.3 is 0 Å². The molecule has 3 heteroatoms. The van der Waals surface area contributed by atoms with Gasteiger partial charge in [-0.2, -0.15) is 0 Å². The summed E-state index contributed by atoms with van der Waals surface area (Å²) in [7, 11) is 0. The Morgan fingerprint density at radius 3 is 1.58 bits per heavy atom. The van der Waals surface area contributed by atoms with Gasteiger partial charge in [0, 0.05) is 18.0 Å². The first kappa shape index (κ1) is 22.3. The maximum absolute atomic E-state index is 11.2. The number of anilines is 1. The minimum absolute atomic E-state index is 0.0808. The topological polar surface area (TPSA) is 38.3 Å². The summed E-state index contributed by atoms with van der Waals surface area (Å²) in [5.41, 5.74) is 4.35. The monoisotopic (exact) mass is 435 g/mol. The fraction of sp³-hybridized carbons (Fsp3) is 0.167. The lowest BCUT2D eigenvalue weighted by atomic mass is 9.67. The first-order valence-electron chi connectivity index (χ1n) is 11.4. The van der Waals surface area contributed by atoms with E-state index in [2.05, 4.69) is 96.3 Å². The van der Waals surface area contributed by atoms with Crippen molar-refractivity contribution in [2.24, 2.45) is 0 Å². The van der Waals surface area contributed by atoms with Crippen LogP contribution in [0.4, 0.5) is 5.69 Å². The Morgan fingerprint density at radius 2 is 1.15 bits per heavy atom. The van der Waals surface area contributed by atoms with Crippen LogP contribution in [0, 0.1) is 0 Å². The fourth-order valence-electron chi connectivity index (χ4n) is 4.47. The Hall–Kier alpha value is -3.85. The largest absolute Gasteiger partial charge is 0.494 e. The predicted octanol–water partition coefficient (Wildman–Crippen LogP) is 6.84. The maximum Gasteiger partial charge on any atom is 0.221 e. The zero-order valence-corrected chi connectivity index (χ0v) is 18.9. The van der Waals surface area contributed by atoms with Gasteiger partial charge in [0.1, 0.15) is 5.75 Å². The summed E-state index contributed by atoms with van der Waals surface area (Å²) in [4.78, 5) is 11.2. The molecule has 4 aromatic rings. The van der Waals surface area contributed by atoms with Crippen molar-refractivity contribution in [2.75, 3.05) is 11.9 Å². The third kappa shape index (κ3) is 5.32. The molecule has 0 saturated heterocycles. The summed E-state index contributed by atoms with van der Waals surface area (Å²) < 4.78 is 6.06. The van der Waals surface area contributed by atoms with Gasteiger partial charge < -0.3 is 10.1 Å². The van der Waals surface area contributed by atoms with Crippen LogP contribution in [0.3, 0.4) is 0 Å². The third-order valence-electron chi connectivity index (χ3n) is 5.94. The zero-order chi connectivity index (χ0) is 22.9. The van der Waals surface area contributed by atoms with E-state index >= 15 is 0 Å². The number of hydrogen-bond acceptors (Lipinski definition) is 2. The van der Waals surface area contributed by atoms with Gasteiger partial charge in [0.25, 0.3) is 0 Å². The highest BCUT2D eigenvalue weighted by molar-refractivity contribution is 5.88. The average molecular weight is 436 g/mol. The van der Waals surface area contributed by atoms with Crippen molar-refractivity contribution in [1.82, 2.24) is 0 Å². The lowest BCUT2D eigenvalue weighted by Gasteiger charge is -2.36. The predicted molar refractivity (Wildman–Crippen MR) is 135 cm³/mol. The van der Waals surface area contributed by atoms with Crippen LogP contribution < -0.4 is 10.1 Å². The Kier molecular flexibility index (Phi) is 7.21. The SMILES string of the molecule is CC(=O)Nc1ccc(OCCCC(c2ccccc2)(c2ccccc2)c2ccccc2)cc1. The lowest BCUT2D eigenvalue weighted by Crippen LogP contribution is -2.30. The van der Waals surface area contributed by atoms with Crippen LogP contribution in [0.25, 0.3) is 0 Å². The van der Waals surface area contributed by atoms with Crippen molar-refractivity contribution in [1.29, 1.82) is 0 Å². The molecular formula is C30H29NO2. The van der Waals surface area contributed by atoms with Gasteiger partial charge in [0.2, 0.25) is 5.91 Å². The molecule has 0 radical (unpaired) electrons. The van der Waals surface area contributed by atoms with Crippen molar-refractivity contribution in [3.05, 3.63) is 132 Å². The number of hydrogen-bond donors (Lipinski definition) is 1. The Morgan fingerprint density at radius 1 is 0.697 bits per heavy atom. The van der Waals surface area contributed by atoms with Crippen LogP contribution in [0.1, 0.15) is 36.5 Å². The number of ether oxygens (including phenoxy) is 1. The van der Waals surface area contributed by atoms with Gasteiger partial charge in [-0.3, -0.25) is 4.79 Å².